The van der Waals surface area contributed by atoms with Gasteiger partial charge in [0.25, 0.3) is 0 Å². The molecule has 0 aliphatic heterocycles. The van der Waals surface area contributed by atoms with Crippen LogP contribution in [0, 0.1) is 0 Å². The first-order chi connectivity index (χ1) is 14.7. The lowest BCUT2D eigenvalue weighted by atomic mass is 10.2. The standard InChI is InChI=1S/C21H20ClN5O2S/c1-3-5-18-23-19(29-26-18)13-30-21-25-24-20(14-6-4-7-17(12-14)28-2)27(21)16-10-8-15(22)9-11-16/h4,6-12H,3,5,13H2,1-2H3. The SMILES string of the molecule is CCCc1noc(CSc2nnc(-c3cccc(OC)c3)n2-c2ccc(Cl)cc2)n1. The van der Waals surface area contributed by atoms with Crippen LogP contribution in [0.5, 0.6) is 5.75 Å². The van der Waals surface area contributed by atoms with Gasteiger partial charge in [0.1, 0.15) is 5.75 Å². The first kappa shape index (κ1) is 20.4. The third-order valence-corrected chi connectivity index (χ3v) is 5.52. The molecule has 0 saturated heterocycles. The van der Waals surface area contributed by atoms with Gasteiger partial charge >= 0.3 is 0 Å². The second kappa shape index (κ2) is 9.32. The number of aryl methyl sites for hydroxylation is 1. The summed E-state index contributed by atoms with van der Waals surface area (Å²) in [7, 11) is 1.64. The molecule has 0 saturated carbocycles. The Labute approximate surface area is 183 Å². The number of halogens is 1. The minimum atomic E-state index is 0.501. The maximum atomic E-state index is 6.09. The lowest BCUT2D eigenvalue weighted by Crippen LogP contribution is -2.00. The van der Waals surface area contributed by atoms with Gasteiger partial charge in [-0.25, -0.2) is 0 Å². The maximum Gasteiger partial charge on any atom is 0.237 e. The van der Waals surface area contributed by atoms with Crippen LogP contribution < -0.4 is 4.74 Å². The molecule has 2 aromatic carbocycles. The highest BCUT2D eigenvalue weighted by Gasteiger charge is 2.18. The van der Waals surface area contributed by atoms with Gasteiger partial charge in [-0.1, -0.05) is 47.6 Å². The Kier molecular flexibility index (Phi) is 6.35. The number of nitrogens with zero attached hydrogens (tertiary/aromatic N) is 5. The van der Waals surface area contributed by atoms with Crippen molar-refractivity contribution >= 4 is 23.4 Å². The molecular formula is C21H20ClN5O2S. The van der Waals surface area contributed by atoms with Crippen LogP contribution in [-0.4, -0.2) is 32.0 Å². The number of rotatable bonds is 8. The highest BCUT2D eigenvalue weighted by Crippen LogP contribution is 2.31. The molecule has 0 bridgehead atoms. The zero-order valence-electron chi connectivity index (χ0n) is 16.6. The van der Waals surface area contributed by atoms with Gasteiger partial charge in [-0.2, -0.15) is 4.98 Å². The molecular weight excluding hydrogens is 422 g/mol. The van der Waals surface area contributed by atoms with Gasteiger partial charge in [0.05, 0.1) is 12.9 Å². The van der Waals surface area contributed by atoms with Crippen molar-refractivity contribution in [3.63, 3.8) is 0 Å². The third-order valence-electron chi connectivity index (χ3n) is 4.35. The lowest BCUT2D eigenvalue weighted by molar-refractivity contribution is 0.384. The van der Waals surface area contributed by atoms with Crippen molar-refractivity contribution in [1.82, 2.24) is 24.9 Å². The molecule has 0 fully saturated rings. The molecule has 154 valence electrons. The number of benzene rings is 2. The molecule has 0 aliphatic rings. The fourth-order valence-electron chi connectivity index (χ4n) is 2.94. The van der Waals surface area contributed by atoms with Crippen molar-refractivity contribution < 1.29 is 9.26 Å². The Bertz CT molecular complexity index is 1130. The van der Waals surface area contributed by atoms with E-state index in [0.29, 0.717) is 27.6 Å². The Hall–Kier alpha value is -2.84. The summed E-state index contributed by atoms with van der Waals surface area (Å²) in [5, 5.41) is 14.2. The molecule has 9 heteroatoms. The van der Waals surface area contributed by atoms with Gasteiger partial charge in [-0.15, -0.1) is 10.2 Å². The molecule has 0 amide bonds. The van der Waals surface area contributed by atoms with E-state index in [0.717, 1.165) is 35.7 Å². The van der Waals surface area contributed by atoms with Crippen LogP contribution in [-0.2, 0) is 12.2 Å². The molecule has 0 unspecified atom stereocenters. The summed E-state index contributed by atoms with van der Waals surface area (Å²) in [4.78, 5) is 4.43. The van der Waals surface area contributed by atoms with Crippen molar-refractivity contribution in [2.75, 3.05) is 7.11 Å². The second-order valence-corrected chi connectivity index (χ2v) is 7.87. The Balaban J connectivity index is 1.69. The van der Waals surface area contributed by atoms with E-state index in [2.05, 4.69) is 27.3 Å². The van der Waals surface area contributed by atoms with E-state index >= 15 is 0 Å². The summed E-state index contributed by atoms with van der Waals surface area (Å²) in [6.07, 6.45) is 1.77. The summed E-state index contributed by atoms with van der Waals surface area (Å²) < 4.78 is 12.7. The number of ether oxygens (including phenoxy) is 1. The number of hydrogen-bond acceptors (Lipinski definition) is 7. The predicted octanol–water partition coefficient (Wildman–Crippen LogP) is 5.22. The van der Waals surface area contributed by atoms with Gasteiger partial charge < -0.3 is 9.26 Å². The molecule has 2 heterocycles. The molecule has 4 rings (SSSR count). The first-order valence-electron chi connectivity index (χ1n) is 9.48. The van der Waals surface area contributed by atoms with E-state index in [1.807, 2.05) is 53.1 Å². The Morgan fingerprint density at radius 1 is 1.13 bits per heavy atom. The minimum Gasteiger partial charge on any atom is -0.497 e. The van der Waals surface area contributed by atoms with Gasteiger partial charge in [-0.05, 0) is 42.8 Å². The minimum absolute atomic E-state index is 0.501. The predicted molar refractivity (Wildman–Crippen MR) is 116 cm³/mol. The molecule has 2 aromatic heterocycles. The quantitative estimate of drug-likeness (QED) is 0.346. The Morgan fingerprint density at radius 3 is 2.73 bits per heavy atom. The Morgan fingerprint density at radius 2 is 1.97 bits per heavy atom. The molecule has 0 N–H and O–H groups in total. The van der Waals surface area contributed by atoms with Crippen LogP contribution in [0.3, 0.4) is 0 Å². The van der Waals surface area contributed by atoms with Crippen molar-refractivity contribution in [3.8, 4) is 22.8 Å². The molecule has 0 aliphatic carbocycles. The average molecular weight is 442 g/mol. The highest BCUT2D eigenvalue weighted by molar-refractivity contribution is 7.98. The maximum absolute atomic E-state index is 6.09. The fraction of sp³-hybridized carbons (Fsp3) is 0.238. The molecule has 0 spiro atoms. The fourth-order valence-corrected chi connectivity index (χ4v) is 3.85. The van der Waals surface area contributed by atoms with Crippen LogP contribution in [0.25, 0.3) is 17.1 Å². The van der Waals surface area contributed by atoms with Gasteiger partial charge in [0, 0.05) is 22.7 Å². The highest BCUT2D eigenvalue weighted by atomic mass is 35.5. The molecule has 30 heavy (non-hydrogen) atoms. The normalized spacial score (nSPS) is 11.0. The van der Waals surface area contributed by atoms with Gasteiger partial charge in [-0.3, -0.25) is 4.57 Å². The smallest absolute Gasteiger partial charge is 0.237 e. The van der Waals surface area contributed by atoms with Crippen LogP contribution in [0.1, 0.15) is 25.1 Å². The van der Waals surface area contributed by atoms with Crippen molar-refractivity contribution in [3.05, 3.63) is 65.3 Å². The monoisotopic (exact) mass is 441 g/mol. The van der Waals surface area contributed by atoms with Crippen LogP contribution >= 0.6 is 23.4 Å². The third kappa shape index (κ3) is 4.49. The molecule has 0 atom stereocenters. The number of thioether (sulfide) groups is 1. The average Bonchev–Trinajstić information content (AvgIpc) is 3.40. The van der Waals surface area contributed by atoms with Crippen LogP contribution in [0.15, 0.2) is 58.2 Å². The first-order valence-corrected chi connectivity index (χ1v) is 10.8. The molecule has 0 radical (unpaired) electrons. The van der Waals surface area contributed by atoms with Crippen LogP contribution in [0.2, 0.25) is 5.02 Å². The summed E-state index contributed by atoms with van der Waals surface area (Å²) in [5.74, 6) is 3.25. The van der Waals surface area contributed by atoms with E-state index in [1.54, 1.807) is 7.11 Å². The van der Waals surface area contributed by atoms with Crippen molar-refractivity contribution in [1.29, 1.82) is 0 Å². The largest absolute Gasteiger partial charge is 0.497 e. The van der Waals surface area contributed by atoms with Crippen molar-refractivity contribution in [2.45, 2.75) is 30.7 Å². The van der Waals surface area contributed by atoms with Gasteiger partial charge in [0.15, 0.2) is 16.8 Å². The van der Waals surface area contributed by atoms with E-state index < -0.39 is 0 Å². The summed E-state index contributed by atoms with van der Waals surface area (Å²) in [6.45, 7) is 2.08. The van der Waals surface area contributed by atoms with E-state index in [4.69, 9.17) is 20.9 Å². The van der Waals surface area contributed by atoms with Crippen molar-refractivity contribution in [2.24, 2.45) is 0 Å². The molecule has 4 aromatic rings. The number of methoxy groups -OCH3 is 1. The van der Waals surface area contributed by atoms with E-state index in [-0.39, 0.29) is 0 Å². The molecule has 7 nitrogen and oxygen atoms in total. The second-order valence-electron chi connectivity index (χ2n) is 6.49. The number of aromatic nitrogens is 5. The number of hydrogen-bond donors (Lipinski definition) is 0. The van der Waals surface area contributed by atoms with E-state index in [1.165, 1.54) is 11.8 Å². The van der Waals surface area contributed by atoms with E-state index in [9.17, 15) is 0 Å². The topological polar surface area (TPSA) is 78.9 Å². The summed E-state index contributed by atoms with van der Waals surface area (Å²) in [5.41, 5.74) is 1.80. The zero-order valence-corrected chi connectivity index (χ0v) is 18.2. The lowest BCUT2D eigenvalue weighted by Gasteiger charge is -2.11. The van der Waals surface area contributed by atoms with Crippen LogP contribution in [0.4, 0.5) is 0 Å². The zero-order chi connectivity index (χ0) is 20.9. The summed E-state index contributed by atoms with van der Waals surface area (Å²) >= 11 is 7.57. The summed E-state index contributed by atoms with van der Waals surface area (Å²) in [6, 6.07) is 15.3. The van der Waals surface area contributed by atoms with Gasteiger partial charge in [0.2, 0.25) is 5.89 Å².